The molecule has 1 amide bonds. The van der Waals surface area contributed by atoms with Crippen molar-refractivity contribution in [3.8, 4) is 6.07 Å². The molecular formula is C17H17N3O. The van der Waals surface area contributed by atoms with Crippen LogP contribution < -0.4 is 10.6 Å². The SMILES string of the molecule is CNC(=O)c1ccc(NCc2ccc(C#N)cc2)c(C)c1. The summed E-state index contributed by atoms with van der Waals surface area (Å²) in [5.74, 6) is -0.0863. The van der Waals surface area contributed by atoms with E-state index in [1.807, 2.05) is 31.2 Å². The topological polar surface area (TPSA) is 64.9 Å². The average molecular weight is 279 g/mol. The number of benzene rings is 2. The molecule has 0 saturated carbocycles. The molecule has 4 nitrogen and oxygen atoms in total. The van der Waals surface area contributed by atoms with Crippen LogP contribution in [0, 0.1) is 18.3 Å². The zero-order valence-electron chi connectivity index (χ0n) is 12.1. The van der Waals surface area contributed by atoms with Gasteiger partial charge >= 0.3 is 0 Å². The van der Waals surface area contributed by atoms with E-state index in [2.05, 4.69) is 16.7 Å². The van der Waals surface area contributed by atoms with E-state index in [9.17, 15) is 4.79 Å². The van der Waals surface area contributed by atoms with Crippen LogP contribution in [-0.2, 0) is 6.54 Å². The third-order valence-electron chi connectivity index (χ3n) is 3.28. The first-order valence-corrected chi connectivity index (χ1v) is 6.69. The van der Waals surface area contributed by atoms with Crippen LogP contribution in [0.2, 0.25) is 0 Å². The molecule has 0 aliphatic heterocycles. The minimum atomic E-state index is -0.0863. The molecule has 2 N–H and O–H groups in total. The molecule has 106 valence electrons. The molecule has 0 radical (unpaired) electrons. The molecule has 2 aromatic carbocycles. The fourth-order valence-corrected chi connectivity index (χ4v) is 2.04. The number of hydrogen-bond acceptors (Lipinski definition) is 3. The number of hydrogen-bond donors (Lipinski definition) is 2. The summed E-state index contributed by atoms with van der Waals surface area (Å²) in [5, 5.41) is 14.7. The second kappa shape index (κ2) is 6.58. The number of nitrogens with zero attached hydrogens (tertiary/aromatic N) is 1. The third-order valence-corrected chi connectivity index (χ3v) is 3.28. The van der Waals surface area contributed by atoms with E-state index in [1.165, 1.54) is 0 Å². The highest BCUT2D eigenvalue weighted by molar-refractivity contribution is 5.94. The van der Waals surface area contributed by atoms with E-state index in [0.29, 0.717) is 17.7 Å². The van der Waals surface area contributed by atoms with E-state index in [0.717, 1.165) is 16.8 Å². The van der Waals surface area contributed by atoms with Crippen molar-refractivity contribution >= 4 is 11.6 Å². The number of carbonyl (C=O) groups is 1. The predicted octanol–water partition coefficient (Wildman–Crippen LogP) is 2.84. The van der Waals surface area contributed by atoms with Gasteiger partial charge in [0.2, 0.25) is 0 Å². The van der Waals surface area contributed by atoms with Crippen LogP contribution >= 0.6 is 0 Å². The summed E-state index contributed by atoms with van der Waals surface area (Å²) >= 11 is 0. The highest BCUT2D eigenvalue weighted by Gasteiger charge is 2.05. The van der Waals surface area contributed by atoms with Gasteiger partial charge in [0.15, 0.2) is 0 Å². The van der Waals surface area contributed by atoms with Crippen LogP contribution in [-0.4, -0.2) is 13.0 Å². The fraction of sp³-hybridized carbons (Fsp3) is 0.176. The van der Waals surface area contributed by atoms with E-state index < -0.39 is 0 Å². The summed E-state index contributed by atoms with van der Waals surface area (Å²) < 4.78 is 0. The van der Waals surface area contributed by atoms with E-state index in [-0.39, 0.29) is 5.91 Å². The second-order valence-electron chi connectivity index (χ2n) is 4.77. The number of aryl methyl sites for hydroxylation is 1. The Morgan fingerprint density at radius 2 is 1.90 bits per heavy atom. The number of amides is 1. The Bertz CT molecular complexity index is 684. The predicted molar refractivity (Wildman–Crippen MR) is 83.1 cm³/mol. The van der Waals surface area contributed by atoms with Crippen molar-refractivity contribution in [2.45, 2.75) is 13.5 Å². The van der Waals surface area contributed by atoms with Gasteiger partial charge in [-0.3, -0.25) is 4.79 Å². The Hall–Kier alpha value is -2.80. The summed E-state index contributed by atoms with van der Waals surface area (Å²) in [4.78, 5) is 11.6. The molecule has 0 aliphatic carbocycles. The zero-order chi connectivity index (χ0) is 15.2. The summed E-state index contributed by atoms with van der Waals surface area (Å²) in [5.41, 5.74) is 4.42. The smallest absolute Gasteiger partial charge is 0.251 e. The molecule has 0 saturated heterocycles. The van der Waals surface area contributed by atoms with Crippen LogP contribution in [0.15, 0.2) is 42.5 Å². The maximum Gasteiger partial charge on any atom is 0.251 e. The molecule has 0 unspecified atom stereocenters. The van der Waals surface area contributed by atoms with Crippen molar-refractivity contribution in [2.24, 2.45) is 0 Å². The first kappa shape index (κ1) is 14.6. The molecule has 0 atom stereocenters. The molecule has 0 fully saturated rings. The van der Waals surface area contributed by atoms with Crippen LogP contribution in [0.25, 0.3) is 0 Å². The lowest BCUT2D eigenvalue weighted by molar-refractivity contribution is 0.0963. The molecule has 0 bridgehead atoms. The van der Waals surface area contributed by atoms with Gasteiger partial charge in [0.25, 0.3) is 5.91 Å². The standard InChI is InChI=1S/C17H17N3O/c1-12-9-15(17(21)19-2)7-8-16(12)20-11-14-5-3-13(10-18)4-6-14/h3-9,20H,11H2,1-2H3,(H,19,21). The molecule has 21 heavy (non-hydrogen) atoms. The average Bonchev–Trinajstić information content (AvgIpc) is 2.53. The van der Waals surface area contributed by atoms with Gasteiger partial charge in [0.05, 0.1) is 11.6 Å². The summed E-state index contributed by atoms with van der Waals surface area (Å²) in [6.45, 7) is 2.64. The Morgan fingerprint density at radius 3 is 2.48 bits per heavy atom. The lowest BCUT2D eigenvalue weighted by Gasteiger charge is -2.11. The van der Waals surface area contributed by atoms with Crippen LogP contribution in [0.3, 0.4) is 0 Å². The first-order valence-electron chi connectivity index (χ1n) is 6.69. The number of nitrogens with one attached hydrogen (secondary N) is 2. The van der Waals surface area contributed by atoms with E-state index in [1.54, 1.807) is 25.2 Å². The van der Waals surface area contributed by atoms with Gasteiger partial charge in [-0.25, -0.2) is 0 Å². The zero-order valence-corrected chi connectivity index (χ0v) is 12.1. The highest BCUT2D eigenvalue weighted by atomic mass is 16.1. The molecule has 0 heterocycles. The van der Waals surface area contributed by atoms with Crippen molar-refractivity contribution in [1.82, 2.24) is 5.32 Å². The Balaban J connectivity index is 2.06. The Morgan fingerprint density at radius 1 is 1.19 bits per heavy atom. The van der Waals surface area contributed by atoms with E-state index >= 15 is 0 Å². The maximum atomic E-state index is 11.6. The van der Waals surface area contributed by atoms with Crippen molar-refractivity contribution in [1.29, 1.82) is 5.26 Å². The third kappa shape index (κ3) is 3.61. The van der Waals surface area contributed by atoms with Crippen LogP contribution in [0.1, 0.15) is 27.0 Å². The van der Waals surface area contributed by atoms with Gasteiger partial charge in [-0.1, -0.05) is 12.1 Å². The van der Waals surface area contributed by atoms with Gasteiger partial charge in [-0.2, -0.15) is 5.26 Å². The minimum absolute atomic E-state index is 0.0863. The quantitative estimate of drug-likeness (QED) is 0.904. The second-order valence-corrected chi connectivity index (χ2v) is 4.77. The van der Waals surface area contributed by atoms with Crippen molar-refractivity contribution < 1.29 is 4.79 Å². The molecule has 0 spiro atoms. The Labute approximate surface area is 124 Å². The lowest BCUT2D eigenvalue weighted by Crippen LogP contribution is -2.17. The van der Waals surface area contributed by atoms with Crippen molar-refractivity contribution in [2.75, 3.05) is 12.4 Å². The van der Waals surface area contributed by atoms with Crippen LogP contribution in [0.5, 0.6) is 0 Å². The monoisotopic (exact) mass is 279 g/mol. The van der Waals surface area contributed by atoms with Gasteiger partial charge < -0.3 is 10.6 Å². The first-order chi connectivity index (χ1) is 10.1. The lowest BCUT2D eigenvalue weighted by atomic mass is 10.1. The number of carbonyl (C=O) groups excluding carboxylic acids is 1. The number of nitriles is 1. The van der Waals surface area contributed by atoms with Gasteiger partial charge in [0.1, 0.15) is 0 Å². The highest BCUT2D eigenvalue weighted by Crippen LogP contribution is 2.17. The number of anilines is 1. The van der Waals surface area contributed by atoms with Gasteiger partial charge in [-0.15, -0.1) is 0 Å². The minimum Gasteiger partial charge on any atom is -0.381 e. The molecule has 0 aromatic heterocycles. The molecule has 4 heteroatoms. The largest absolute Gasteiger partial charge is 0.381 e. The fourth-order valence-electron chi connectivity index (χ4n) is 2.04. The van der Waals surface area contributed by atoms with E-state index in [4.69, 9.17) is 5.26 Å². The summed E-state index contributed by atoms with van der Waals surface area (Å²) in [6.07, 6.45) is 0. The molecular weight excluding hydrogens is 262 g/mol. The summed E-state index contributed by atoms with van der Waals surface area (Å²) in [7, 11) is 1.62. The van der Waals surface area contributed by atoms with Crippen LogP contribution in [0.4, 0.5) is 5.69 Å². The number of rotatable bonds is 4. The van der Waals surface area contributed by atoms with Gasteiger partial charge in [-0.05, 0) is 48.4 Å². The summed E-state index contributed by atoms with van der Waals surface area (Å²) in [6, 6.07) is 15.1. The maximum absolute atomic E-state index is 11.6. The van der Waals surface area contributed by atoms with Gasteiger partial charge in [0, 0.05) is 24.8 Å². The Kier molecular flexibility index (Phi) is 4.57. The molecule has 2 rings (SSSR count). The van der Waals surface area contributed by atoms with Crippen molar-refractivity contribution in [3.05, 3.63) is 64.7 Å². The molecule has 2 aromatic rings. The molecule has 0 aliphatic rings. The normalized spacial score (nSPS) is 9.76. The van der Waals surface area contributed by atoms with Crippen molar-refractivity contribution in [3.63, 3.8) is 0 Å².